The van der Waals surface area contributed by atoms with Gasteiger partial charge in [0.1, 0.15) is 17.3 Å². The standard InChI is InChI=1S/C26H30FN3O6/c1-15-19(16(2)28-21(15)26(34)35-3)23(31)20-22(17-5-7-18(27)8-6-17)30(25(33)24(20)32)10-4-9-29-11-13-36-14-12-29/h5-8,22,28,31H,4,9-14H2,1-3H3/t22-/m1/s1. The summed E-state index contributed by atoms with van der Waals surface area (Å²) in [5.41, 5.74) is 1.65. The van der Waals surface area contributed by atoms with E-state index in [2.05, 4.69) is 9.88 Å². The summed E-state index contributed by atoms with van der Waals surface area (Å²) in [7, 11) is 1.24. The highest BCUT2D eigenvalue weighted by Crippen LogP contribution is 2.41. The average Bonchev–Trinajstić information content (AvgIpc) is 3.31. The van der Waals surface area contributed by atoms with Crippen molar-refractivity contribution in [3.05, 3.63) is 63.7 Å². The summed E-state index contributed by atoms with van der Waals surface area (Å²) in [6, 6.07) is 4.62. The van der Waals surface area contributed by atoms with Crippen LogP contribution in [0.2, 0.25) is 0 Å². The maximum atomic E-state index is 13.7. The summed E-state index contributed by atoms with van der Waals surface area (Å²) < 4.78 is 23.9. The van der Waals surface area contributed by atoms with Gasteiger partial charge in [-0.25, -0.2) is 9.18 Å². The molecule has 0 saturated carbocycles. The van der Waals surface area contributed by atoms with Crippen LogP contribution in [0.5, 0.6) is 0 Å². The van der Waals surface area contributed by atoms with Crippen molar-refractivity contribution in [3.63, 3.8) is 0 Å². The first kappa shape index (κ1) is 25.6. The predicted molar refractivity (Wildman–Crippen MR) is 129 cm³/mol. The number of likely N-dealkylation sites (tertiary alicyclic amines) is 1. The van der Waals surface area contributed by atoms with Gasteiger partial charge in [0.05, 0.1) is 31.9 Å². The third-order valence-electron chi connectivity index (χ3n) is 6.77. The van der Waals surface area contributed by atoms with E-state index >= 15 is 0 Å². The number of carbonyl (C=O) groups is 3. The summed E-state index contributed by atoms with van der Waals surface area (Å²) in [4.78, 5) is 45.1. The molecule has 1 amide bonds. The number of ketones is 1. The van der Waals surface area contributed by atoms with E-state index in [1.54, 1.807) is 13.8 Å². The van der Waals surface area contributed by atoms with E-state index in [-0.39, 0.29) is 29.1 Å². The Morgan fingerprint density at radius 1 is 1.17 bits per heavy atom. The zero-order chi connectivity index (χ0) is 26.0. The molecule has 1 atom stereocenters. The number of esters is 1. The molecule has 3 heterocycles. The lowest BCUT2D eigenvalue weighted by atomic mass is 9.94. The summed E-state index contributed by atoms with van der Waals surface area (Å²) >= 11 is 0. The van der Waals surface area contributed by atoms with Crippen LogP contribution in [0, 0.1) is 19.7 Å². The topological polar surface area (TPSA) is 112 Å². The second-order valence-corrected chi connectivity index (χ2v) is 8.97. The second-order valence-electron chi connectivity index (χ2n) is 8.97. The zero-order valence-electron chi connectivity index (χ0n) is 20.6. The number of aliphatic hydroxyl groups is 1. The highest BCUT2D eigenvalue weighted by molar-refractivity contribution is 6.46. The minimum atomic E-state index is -0.898. The molecule has 4 rings (SSSR count). The lowest BCUT2D eigenvalue weighted by Gasteiger charge is -2.29. The molecule has 10 heteroatoms. The second kappa shape index (κ2) is 10.6. The maximum absolute atomic E-state index is 13.7. The summed E-state index contributed by atoms with van der Waals surface area (Å²) in [6.07, 6.45) is 0.611. The van der Waals surface area contributed by atoms with Crippen LogP contribution in [0.25, 0.3) is 5.76 Å². The minimum Gasteiger partial charge on any atom is -0.507 e. The number of aliphatic hydroxyl groups excluding tert-OH is 1. The van der Waals surface area contributed by atoms with Crippen LogP contribution in [0.4, 0.5) is 4.39 Å². The Kier molecular flexibility index (Phi) is 7.56. The number of aromatic amines is 1. The molecule has 2 aromatic rings. The largest absolute Gasteiger partial charge is 0.507 e. The molecule has 9 nitrogen and oxygen atoms in total. The molecule has 2 N–H and O–H groups in total. The van der Waals surface area contributed by atoms with E-state index in [1.165, 1.54) is 36.3 Å². The van der Waals surface area contributed by atoms with Gasteiger partial charge >= 0.3 is 5.97 Å². The molecule has 0 unspecified atom stereocenters. The Morgan fingerprint density at radius 2 is 1.83 bits per heavy atom. The van der Waals surface area contributed by atoms with Crippen molar-refractivity contribution in [1.29, 1.82) is 0 Å². The summed E-state index contributed by atoms with van der Waals surface area (Å²) in [6.45, 7) is 7.19. The zero-order valence-corrected chi connectivity index (χ0v) is 20.6. The molecule has 0 bridgehead atoms. The van der Waals surface area contributed by atoms with Crippen molar-refractivity contribution in [2.75, 3.05) is 46.5 Å². The van der Waals surface area contributed by atoms with Crippen LogP contribution < -0.4 is 0 Å². The van der Waals surface area contributed by atoms with Crippen molar-refractivity contribution in [2.45, 2.75) is 26.3 Å². The molecule has 0 radical (unpaired) electrons. The number of aryl methyl sites for hydroxylation is 1. The third kappa shape index (κ3) is 4.78. The number of halogens is 1. The molecule has 1 aromatic heterocycles. The Bertz CT molecular complexity index is 1200. The van der Waals surface area contributed by atoms with Gasteiger partial charge in [-0.3, -0.25) is 14.5 Å². The minimum absolute atomic E-state index is 0.0976. The van der Waals surface area contributed by atoms with E-state index in [0.717, 1.165) is 19.6 Å². The van der Waals surface area contributed by atoms with Crippen LogP contribution in [-0.2, 0) is 19.1 Å². The molecule has 192 valence electrons. The number of carbonyl (C=O) groups excluding carboxylic acids is 3. The number of ether oxygens (including phenoxy) is 2. The summed E-state index contributed by atoms with van der Waals surface area (Å²) in [5.74, 6) is -3.02. The van der Waals surface area contributed by atoms with Gasteiger partial charge < -0.3 is 24.5 Å². The number of H-pyrrole nitrogens is 1. The number of nitrogens with one attached hydrogen (secondary N) is 1. The van der Waals surface area contributed by atoms with Crippen molar-refractivity contribution >= 4 is 23.4 Å². The van der Waals surface area contributed by atoms with Gasteiger partial charge in [-0.2, -0.15) is 0 Å². The first-order chi connectivity index (χ1) is 17.2. The number of nitrogens with zero attached hydrogens (tertiary/aromatic N) is 2. The number of hydrogen-bond donors (Lipinski definition) is 2. The fraction of sp³-hybridized carbons (Fsp3) is 0.423. The number of hydrogen-bond acceptors (Lipinski definition) is 7. The van der Waals surface area contributed by atoms with Gasteiger partial charge in [0.2, 0.25) is 0 Å². The molecule has 2 aliphatic rings. The fourth-order valence-corrected chi connectivity index (χ4v) is 4.94. The molecule has 0 aliphatic carbocycles. The highest BCUT2D eigenvalue weighted by Gasteiger charge is 2.46. The normalized spacial score (nSPS) is 20.2. The maximum Gasteiger partial charge on any atom is 0.354 e. The third-order valence-corrected chi connectivity index (χ3v) is 6.77. The van der Waals surface area contributed by atoms with E-state index in [4.69, 9.17) is 9.47 Å². The van der Waals surface area contributed by atoms with Crippen molar-refractivity contribution in [3.8, 4) is 0 Å². The number of morpholine rings is 1. The lowest BCUT2D eigenvalue weighted by molar-refractivity contribution is -0.140. The first-order valence-electron chi connectivity index (χ1n) is 11.9. The van der Waals surface area contributed by atoms with E-state index in [0.29, 0.717) is 36.5 Å². The average molecular weight is 500 g/mol. The van der Waals surface area contributed by atoms with Gasteiger partial charge in [0, 0.05) is 37.4 Å². The van der Waals surface area contributed by atoms with E-state index in [1.807, 2.05) is 0 Å². The molecular formula is C26H30FN3O6. The van der Waals surface area contributed by atoms with Crippen molar-refractivity contribution < 1.29 is 33.4 Å². The SMILES string of the molecule is COC(=O)c1[nH]c(C)c(C(O)=C2C(=O)C(=O)N(CCCN3CCOCC3)[C@@H]2c2ccc(F)cc2)c1C. The molecule has 2 saturated heterocycles. The Morgan fingerprint density at radius 3 is 2.47 bits per heavy atom. The molecule has 1 aromatic carbocycles. The Balaban J connectivity index is 1.74. The monoisotopic (exact) mass is 499 g/mol. The van der Waals surface area contributed by atoms with Gasteiger partial charge in [0.25, 0.3) is 11.7 Å². The molecule has 36 heavy (non-hydrogen) atoms. The van der Waals surface area contributed by atoms with Crippen molar-refractivity contribution in [1.82, 2.24) is 14.8 Å². The van der Waals surface area contributed by atoms with Gasteiger partial charge in [0.15, 0.2) is 0 Å². The van der Waals surface area contributed by atoms with Crippen LogP contribution in [0.15, 0.2) is 29.8 Å². The Hall–Kier alpha value is -3.50. The van der Waals surface area contributed by atoms with Crippen LogP contribution in [0.3, 0.4) is 0 Å². The van der Waals surface area contributed by atoms with Crippen LogP contribution >= 0.6 is 0 Å². The number of aromatic nitrogens is 1. The number of amides is 1. The molecule has 0 spiro atoms. The smallest absolute Gasteiger partial charge is 0.354 e. The van der Waals surface area contributed by atoms with Gasteiger partial charge in [-0.05, 0) is 43.5 Å². The fourth-order valence-electron chi connectivity index (χ4n) is 4.94. The van der Waals surface area contributed by atoms with Gasteiger partial charge in [-0.1, -0.05) is 12.1 Å². The quantitative estimate of drug-likeness (QED) is 0.261. The summed E-state index contributed by atoms with van der Waals surface area (Å²) in [5, 5.41) is 11.4. The van der Waals surface area contributed by atoms with Crippen molar-refractivity contribution in [2.24, 2.45) is 0 Å². The van der Waals surface area contributed by atoms with Crippen LogP contribution in [-0.4, -0.2) is 84.1 Å². The molecule has 2 aliphatic heterocycles. The highest BCUT2D eigenvalue weighted by atomic mass is 19.1. The van der Waals surface area contributed by atoms with E-state index in [9.17, 15) is 23.9 Å². The number of benzene rings is 1. The van der Waals surface area contributed by atoms with Gasteiger partial charge in [-0.15, -0.1) is 0 Å². The predicted octanol–water partition coefficient (Wildman–Crippen LogP) is 2.70. The number of Topliss-reactive ketones (excluding diaryl/α,β-unsaturated/α-hetero) is 1. The molecule has 2 fully saturated rings. The van der Waals surface area contributed by atoms with Crippen LogP contribution in [0.1, 0.15) is 45.3 Å². The Labute approximate surface area is 208 Å². The number of rotatable bonds is 7. The first-order valence-corrected chi connectivity index (χ1v) is 11.9. The number of methoxy groups -OCH3 is 1. The van der Waals surface area contributed by atoms with E-state index < -0.39 is 29.5 Å². The lowest BCUT2D eigenvalue weighted by Crippen LogP contribution is -2.38. The molecular weight excluding hydrogens is 469 g/mol.